The van der Waals surface area contributed by atoms with E-state index >= 15 is 0 Å². The molecule has 0 spiro atoms. The highest BCUT2D eigenvalue weighted by Crippen LogP contribution is 2.38. The highest BCUT2D eigenvalue weighted by molar-refractivity contribution is 5.94. The summed E-state index contributed by atoms with van der Waals surface area (Å²) in [7, 11) is 1.84. The van der Waals surface area contributed by atoms with Gasteiger partial charge in [-0.05, 0) is 37.8 Å². The van der Waals surface area contributed by atoms with Crippen LogP contribution in [0.1, 0.15) is 46.2 Å². The second kappa shape index (κ2) is 5.20. The first kappa shape index (κ1) is 13.6. The maximum atomic E-state index is 12.2. The molecule has 0 unspecified atom stereocenters. The van der Waals surface area contributed by atoms with Gasteiger partial charge in [0.25, 0.3) is 5.91 Å². The molecule has 0 aromatic carbocycles. The van der Waals surface area contributed by atoms with Gasteiger partial charge in [-0.15, -0.1) is 0 Å². The molecule has 2 aromatic rings. The van der Waals surface area contributed by atoms with Gasteiger partial charge in [-0.1, -0.05) is 0 Å². The van der Waals surface area contributed by atoms with Crippen molar-refractivity contribution in [2.45, 2.75) is 32.2 Å². The Labute approximate surface area is 122 Å². The Hall–Kier alpha value is -2.37. The van der Waals surface area contributed by atoms with Crippen LogP contribution < -0.4 is 10.9 Å². The minimum Gasteiger partial charge on any atom is -0.346 e. The highest BCUT2D eigenvalue weighted by atomic mass is 16.2. The minimum absolute atomic E-state index is 0.221. The van der Waals surface area contributed by atoms with Crippen LogP contribution in [0.5, 0.6) is 0 Å². The Balaban J connectivity index is 1.73. The molecule has 3 rings (SSSR count). The fraction of sp³-hybridized carbons (Fsp3) is 0.400. The van der Waals surface area contributed by atoms with Crippen LogP contribution in [0.4, 0.5) is 0 Å². The molecule has 0 aliphatic heterocycles. The van der Waals surface area contributed by atoms with Crippen molar-refractivity contribution >= 4 is 5.91 Å². The molecule has 0 bridgehead atoms. The van der Waals surface area contributed by atoms with Crippen molar-refractivity contribution in [2.75, 3.05) is 0 Å². The second-order valence-corrected chi connectivity index (χ2v) is 5.55. The predicted molar refractivity (Wildman–Crippen MR) is 78.2 cm³/mol. The first-order valence-electron chi connectivity index (χ1n) is 7.05. The van der Waals surface area contributed by atoms with Gasteiger partial charge >= 0.3 is 0 Å². The standard InChI is InChI=1S/C15H18N4O2/c1-9-5-12(19(2)18-9)8-16-15(21)11-6-13(10-3-4-10)17-14(20)7-11/h5-7,10H,3-4,8H2,1-2H3,(H,16,21)(H,17,20). The third-order valence-electron chi connectivity index (χ3n) is 3.67. The van der Waals surface area contributed by atoms with E-state index in [1.54, 1.807) is 10.7 Å². The van der Waals surface area contributed by atoms with Crippen LogP contribution in [-0.2, 0) is 13.6 Å². The first-order chi connectivity index (χ1) is 10.0. The summed E-state index contributed by atoms with van der Waals surface area (Å²) in [5.41, 5.74) is 2.89. The third kappa shape index (κ3) is 3.04. The van der Waals surface area contributed by atoms with Crippen molar-refractivity contribution in [1.82, 2.24) is 20.1 Å². The van der Waals surface area contributed by atoms with Crippen LogP contribution in [0.3, 0.4) is 0 Å². The quantitative estimate of drug-likeness (QED) is 0.887. The van der Waals surface area contributed by atoms with Crippen molar-refractivity contribution in [2.24, 2.45) is 7.05 Å². The van der Waals surface area contributed by atoms with Gasteiger partial charge < -0.3 is 10.3 Å². The molecular weight excluding hydrogens is 268 g/mol. The molecule has 0 atom stereocenters. The van der Waals surface area contributed by atoms with E-state index in [1.807, 2.05) is 20.0 Å². The number of H-pyrrole nitrogens is 1. The molecule has 1 aliphatic rings. The van der Waals surface area contributed by atoms with Gasteiger partial charge in [0, 0.05) is 24.4 Å². The van der Waals surface area contributed by atoms with Crippen LogP contribution in [-0.4, -0.2) is 20.7 Å². The summed E-state index contributed by atoms with van der Waals surface area (Å²) in [6.07, 6.45) is 2.16. The SMILES string of the molecule is Cc1cc(CNC(=O)c2cc(C3CC3)[nH]c(=O)c2)n(C)n1. The van der Waals surface area contributed by atoms with E-state index in [0.717, 1.165) is 29.9 Å². The smallest absolute Gasteiger partial charge is 0.251 e. The van der Waals surface area contributed by atoms with Crippen molar-refractivity contribution in [3.05, 3.63) is 51.2 Å². The number of hydrogen-bond acceptors (Lipinski definition) is 3. The number of carbonyl (C=O) groups is 1. The van der Waals surface area contributed by atoms with E-state index in [0.29, 0.717) is 18.0 Å². The molecule has 2 heterocycles. The number of carbonyl (C=O) groups excluding carboxylic acids is 1. The molecule has 0 radical (unpaired) electrons. The molecule has 6 nitrogen and oxygen atoms in total. The van der Waals surface area contributed by atoms with Crippen LogP contribution in [0.25, 0.3) is 0 Å². The lowest BCUT2D eigenvalue weighted by atomic mass is 10.1. The molecule has 2 N–H and O–H groups in total. The van der Waals surface area contributed by atoms with Gasteiger partial charge in [-0.2, -0.15) is 5.10 Å². The lowest BCUT2D eigenvalue weighted by Crippen LogP contribution is -2.25. The Kier molecular flexibility index (Phi) is 3.37. The fourth-order valence-corrected chi connectivity index (χ4v) is 2.41. The molecule has 110 valence electrons. The Morgan fingerprint density at radius 1 is 1.43 bits per heavy atom. The summed E-state index contributed by atoms with van der Waals surface area (Å²) in [5, 5.41) is 7.06. The number of rotatable bonds is 4. The summed E-state index contributed by atoms with van der Waals surface area (Å²) >= 11 is 0. The number of hydrogen-bond donors (Lipinski definition) is 2. The summed E-state index contributed by atoms with van der Waals surface area (Å²) in [6.45, 7) is 2.30. The Morgan fingerprint density at radius 2 is 2.19 bits per heavy atom. The summed E-state index contributed by atoms with van der Waals surface area (Å²) in [5.74, 6) is 0.173. The van der Waals surface area contributed by atoms with Gasteiger partial charge in [0.05, 0.1) is 17.9 Å². The molecule has 1 saturated carbocycles. The molecule has 2 aromatic heterocycles. The molecule has 6 heteroatoms. The Bertz CT molecular complexity index is 740. The number of amides is 1. The third-order valence-corrected chi connectivity index (χ3v) is 3.67. The number of nitrogens with zero attached hydrogens (tertiary/aromatic N) is 2. The van der Waals surface area contributed by atoms with Crippen LogP contribution in [0.15, 0.2) is 23.0 Å². The van der Waals surface area contributed by atoms with E-state index in [9.17, 15) is 9.59 Å². The zero-order chi connectivity index (χ0) is 15.0. The lowest BCUT2D eigenvalue weighted by molar-refractivity contribution is 0.0949. The number of nitrogens with one attached hydrogen (secondary N) is 2. The van der Waals surface area contributed by atoms with Gasteiger partial charge in [0.2, 0.25) is 5.56 Å². The Morgan fingerprint density at radius 3 is 2.81 bits per heavy atom. The number of pyridine rings is 1. The topological polar surface area (TPSA) is 79.8 Å². The number of aromatic amines is 1. The average molecular weight is 286 g/mol. The van der Waals surface area contributed by atoms with Crippen LogP contribution >= 0.6 is 0 Å². The monoisotopic (exact) mass is 286 g/mol. The zero-order valence-corrected chi connectivity index (χ0v) is 12.1. The average Bonchev–Trinajstić information content (AvgIpc) is 3.22. The van der Waals surface area contributed by atoms with Gasteiger partial charge in [0.1, 0.15) is 0 Å². The largest absolute Gasteiger partial charge is 0.346 e. The maximum absolute atomic E-state index is 12.2. The van der Waals surface area contributed by atoms with E-state index in [-0.39, 0.29) is 11.5 Å². The van der Waals surface area contributed by atoms with Gasteiger partial charge in [-0.3, -0.25) is 14.3 Å². The molecular formula is C15H18N4O2. The molecule has 21 heavy (non-hydrogen) atoms. The van der Waals surface area contributed by atoms with Crippen molar-refractivity contribution in [3.8, 4) is 0 Å². The number of aryl methyl sites for hydroxylation is 2. The molecule has 0 saturated heterocycles. The summed E-state index contributed by atoms with van der Waals surface area (Å²) < 4.78 is 1.74. The molecule has 1 aliphatic carbocycles. The summed E-state index contributed by atoms with van der Waals surface area (Å²) in [6, 6.07) is 5.05. The molecule has 1 amide bonds. The normalized spacial score (nSPS) is 14.2. The van der Waals surface area contributed by atoms with E-state index in [1.165, 1.54) is 6.07 Å². The lowest BCUT2D eigenvalue weighted by Gasteiger charge is -2.07. The first-order valence-corrected chi connectivity index (χ1v) is 7.05. The number of aromatic nitrogens is 3. The highest BCUT2D eigenvalue weighted by Gasteiger charge is 2.25. The van der Waals surface area contributed by atoms with Gasteiger partial charge in [0.15, 0.2) is 0 Å². The summed E-state index contributed by atoms with van der Waals surface area (Å²) in [4.78, 5) is 26.6. The van der Waals surface area contributed by atoms with Crippen LogP contribution in [0, 0.1) is 6.92 Å². The van der Waals surface area contributed by atoms with Crippen molar-refractivity contribution in [3.63, 3.8) is 0 Å². The zero-order valence-electron chi connectivity index (χ0n) is 12.1. The molecule has 1 fully saturated rings. The maximum Gasteiger partial charge on any atom is 0.251 e. The predicted octanol–water partition coefficient (Wildman–Crippen LogP) is 1.22. The van der Waals surface area contributed by atoms with Crippen molar-refractivity contribution < 1.29 is 4.79 Å². The van der Waals surface area contributed by atoms with Crippen LogP contribution in [0.2, 0.25) is 0 Å². The minimum atomic E-state index is -0.234. The van der Waals surface area contributed by atoms with Crippen molar-refractivity contribution in [1.29, 1.82) is 0 Å². The van der Waals surface area contributed by atoms with E-state index < -0.39 is 0 Å². The second-order valence-electron chi connectivity index (χ2n) is 5.55. The fourth-order valence-electron chi connectivity index (χ4n) is 2.41. The van der Waals surface area contributed by atoms with Gasteiger partial charge in [-0.25, -0.2) is 0 Å². The van der Waals surface area contributed by atoms with E-state index in [4.69, 9.17) is 0 Å². The van der Waals surface area contributed by atoms with E-state index in [2.05, 4.69) is 15.4 Å².